The molecule has 0 fully saturated rings. The Labute approximate surface area is 208 Å². The number of benzene rings is 3. The van der Waals surface area contributed by atoms with Gasteiger partial charge in [0.15, 0.2) is 23.9 Å². The fourth-order valence-corrected chi connectivity index (χ4v) is 4.39. The molecule has 0 saturated carbocycles. The van der Waals surface area contributed by atoms with Gasteiger partial charge < -0.3 is 14.8 Å². The minimum Gasteiger partial charge on any atom is -0.493 e. The number of para-hydroxylation sites is 1. The monoisotopic (exact) mass is 483 g/mol. The molecule has 0 aliphatic rings. The number of hydrogen-bond donors (Lipinski definition) is 1. The minimum absolute atomic E-state index is 0.0498. The number of allylic oxidation sites excluding steroid dienone is 1. The van der Waals surface area contributed by atoms with E-state index < -0.39 is 0 Å². The van der Waals surface area contributed by atoms with Crippen molar-refractivity contribution in [1.29, 1.82) is 0 Å². The molecule has 1 N–H and O–H groups in total. The average Bonchev–Trinajstić information content (AvgIpc) is 3.36. The second-order valence-electron chi connectivity index (χ2n) is 7.74. The third kappa shape index (κ3) is 6.91. The summed E-state index contributed by atoms with van der Waals surface area (Å²) in [6.45, 7) is -0.150. The molecule has 0 atom stereocenters. The fraction of sp³-hybridized carbons (Fsp3) is 0.103. The van der Waals surface area contributed by atoms with Gasteiger partial charge in [-0.25, -0.2) is 0 Å². The second kappa shape index (κ2) is 11.8. The molecular formula is C29H25NO4S. The number of methoxy groups -OCH3 is 1. The largest absolute Gasteiger partial charge is 0.493 e. The Balaban J connectivity index is 1.35. The standard InChI is InChI=1S/C29H25NO4S/c1-33-27-19-22(13-16-26(27)34-20-29(32)30-23-10-6-3-7-11-23)12-15-25(31)28-17-14-24(35-28)18-21-8-4-2-5-9-21/h2-17,19H,18,20H2,1H3,(H,30,32)/b15-12+. The molecule has 4 aromatic rings. The average molecular weight is 484 g/mol. The van der Waals surface area contributed by atoms with Crippen LogP contribution >= 0.6 is 11.3 Å². The zero-order valence-electron chi connectivity index (χ0n) is 19.3. The van der Waals surface area contributed by atoms with Crippen molar-refractivity contribution in [3.05, 3.63) is 118 Å². The summed E-state index contributed by atoms with van der Waals surface area (Å²) < 4.78 is 11.1. The lowest BCUT2D eigenvalue weighted by Gasteiger charge is -2.11. The molecule has 4 rings (SSSR count). The molecule has 0 unspecified atom stereocenters. The summed E-state index contributed by atoms with van der Waals surface area (Å²) in [4.78, 5) is 26.6. The summed E-state index contributed by atoms with van der Waals surface area (Å²) in [7, 11) is 1.53. The molecule has 1 aromatic heterocycles. The van der Waals surface area contributed by atoms with Gasteiger partial charge in [0, 0.05) is 17.0 Å². The number of nitrogens with one attached hydrogen (secondary N) is 1. The van der Waals surface area contributed by atoms with E-state index in [1.807, 2.05) is 54.6 Å². The lowest BCUT2D eigenvalue weighted by atomic mass is 10.1. The van der Waals surface area contributed by atoms with Gasteiger partial charge in [0.05, 0.1) is 12.0 Å². The van der Waals surface area contributed by atoms with Crippen molar-refractivity contribution in [2.24, 2.45) is 0 Å². The van der Waals surface area contributed by atoms with E-state index in [1.54, 1.807) is 36.4 Å². The van der Waals surface area contributed by atoms with Crippen molar-refractivity contribution in [2.45, 2.75) is 6.42 Å². The maximum absolute atomic E-state index is 12.7. The SMILES string of the molecule is COc1cc(/C=C/C(=O)c2ccc(Cc3ccccc3)s2)ccc1OCC(=O)Nc1ccccc1. The first kappa shape index (κ1) is 24.0. The van der Waals surface area contributed by atoms with Crippen LogP contribution < -0.4 is 14.8 Å². The fourth-order valence-electron chi connectivity index (χ4n) is 3.43. The van der Waals surface area contributed by atoms with E-state index in [-0.39, 0.29) is 18.3 Å². The highest BCUT2D eigenvalue weighted by atomic mass is 32.1. The number of thiophene rings is 1. The van der Waals surface area contributed by atoms with Crippen LogP contribution in [0.3, 0.4) is 0 Å². The number of carbonyl (C=O) groups excluding carboxylic acids is 2. The first-order valence-electron chi connectivity index (χ1n) is 11.1. The number of anilines is 1. The first-order valence-corrected chi connectivity index (χ1v) is 11.9. The Morgan fingerprint density at radius 3 is 2.37 bits per heavy atom. The third-order valence-corrected chi connectivity index (χ3v) is 6.26. The molecule has 0 saturated heterocycles. The van der Waals surface area contributed by atoms with E-state index in [0.717, 1.165) is 16.9 Å². The van der Waals surface area contributed by atoms with Gasteiger partial charge in [-0.15, -0.1) is 11.3 Å². The number of ether oxygens (including phenoxy) is 2. The normalized spacial score (nSPS) is 10.8. The molecule has 176 valence electrons. The van der Waals surface area contributed by atoms with Crippen LogP contribution in [0.25, 0.3) is 6.08 Å². The van der Waals surface area contributed by atoms with Gasteiger partial charge in [0.2, 0.25) is 0 Å². The number of carbonyl (C=O) groups is 2. The first-order chi connectivity index (χ1) is 17.1. The van der Waals surface area contributed by atoms with Crippen LogP contribution in [0.15, 0.2) is 97.1 Å². The highest BCUT2D eigenvalue weighted by Crippen LogP contribution is 2.29. The van der Waals surface area contributed by atoms with Crippen LogP contribution in [-0.2, 0) is 11.2 Å². The van der Waals surface area contributed by atoms with Crippen molar-refractivity contribution >= 4 is 34.8 Å². The maximum Gasteiger partial charge on any atom is 0.262 e. The molecular weight excluding hydrogens is 458 g/mol. The number of rotatable bonds is 10. The third-order valence-electron chi connectivity index (χ3n) is 5.16. The highest BCUT2D eigenvalue weighted by Gasteiger charge is 2.10. The Kier molecular flexibility index (Phi) is 8.09. The van der Waals surface area contributed by atoms with Gasteiger partial charge in [-0.2, -0.15) is 0 Å². The number of hydrogen-bond acceptors (Lipinski definition) is 5. The van der Waals surface area contributed by atoms with Crippen molar-refractivity contribution < 1.29 is 19.1 Å². The molecule has 1 amide bonds. The van der Waals surface area contributed by atoms with Crippen LogP contribution in [0.2, 0.25) is 0 Å². The molecule has 0 bridgehead atoms. The summed E-state index contributed by atoms with van der Waals surface area (Å²) >= 11 is 1.51. The molecule has 0 aliphatic heterocycles. The quantitative estimate of drug-likeness (QED) is 0.214. The highest BCUT2D eigenvalue weighted by molar-refractivity contribution is 7.14. The van der Waals surface area contributed by atoms with Gasteiger partial charge in [0.25, 0.3) is 5.91 Å². The Morgan fingerprint density at radius 2 is 1.63 bits per heavy atom. The van der Waals surface area contributed by atoms with Gasteiger partial charge in [-0.3, -0.25) is 9.59 Å². The van der Waals surface area contributed by atoms with E-state index >= 15 is 0 Å². The summed E-state index contributed by atoms with van der Waals surface area (Å²) in [6, 6.07) is 28.5. The Morgan fingerprint density at radius 1 is 0.886 bits per heavy atom. The summed E-state index contributed by atoms with van der Waals surface area (Å²) in [5, 5.41) is 2.77. The van der Waals surface area contributed by atoms with Gasteiger partial charge in [-0.05, 0) is 53.6 Å². The zero-order valence-corrected chi connectivity index (χ0v) is 20.1. The number of amides is 1. The molecule has 5 nitrogen and oxygen atoms in total. The van der Waals surface area contributed by atoms with E-state index in [4.69, 9.17) is 9.47 Å². The zero-order chi connectivity index (χ0) is 24.5. The molecule has 0 spiro atoms. The van der Waals surface area contributed by atoms with E-state index in [9.17, 15) is 9.59 Å². The summed E-state index contributed by atoms with van der Waals surface area (Å²) in [6.07, 6.45) is 4.11. The van der Waals surface area contributed by atoms with Crippen LogP contribution in [0.5, 0.6) is 11.5 Å². The summed E-state index contributed by atoms with van der Waals surface area (Å²) in [5.74, 6) is 0.609. The molecule has 0 aliphatic carbocycles. The minimum atomic E-state index is -0.268. The predicted molar refractivity (Wildman–Crippen MR) is 140 cm³/mol. The Bertz CT molecular complexity index is 1310. The van der Waals surface area contributed by atoms with Crippen molar-refractivity contribution in [3.8, 4) is 11.5 Å². The van der Waals surface area contributed by atoms with Crippen LogP contribution in [0, 0.1) is 0 Å². The predicted octanol–water partition coefficient (Wildman–Crippen LogP) is 6.26. The molecule has 1 heterocycles. The molecule has 0 radical (unpaired) electrons. The van der Waals surface area contributed by atoms with E-state index in [1.165, 1.54) is 24.0 Å². The van der Waals surface area contributed by atoms with Crippen LogP contribution in [0.1, 0.15) is 25.7 Å². The Hall–Kier alpha value is -4.16. The maximum atomic E-state index is 12.7. The van der Waals surface area contributed by atoms with Crippen LogP contribution in [-0.4, -0.2) is 25.4 Å². The lowest BCUT2D eigenvalue weighted by molar-refractivity contribution is -0.118. The topological polar surface area (TPSA) is 64.6 Å². The van der Waals surface area contributed by atoms with Gasteiger partial charge in [0.1, 0.15) is 0 Å². The van der Waals surface area contributed by atoms with E-state index in [0.29, 0.717) is 22.1 Å². The van der Waals surface area contributed by atoms with Crippen molar-refractivity contribution in [1.82, 2.24) is 0 Å². The van der Waals surface area contributed by atoms with E-state index in [2.05, 4.69) is 17.4 Å². The van der Waals surface area contributed by atoms with Crippen molar-refractivity contribution in [2.75, 3.05) is 19.0 Å². The second-order valence-corrected chi connectivity index (χ2v) is 8.91. The smallest absolute Gasteiger partial charge is 0.262 e. The van der Waals surface area contributed by atoms with Crippen LogP contribution in [0.4, 0.5) is 5.69 Å². The number of ketones is 1. The molecule has 6 heteroatoms. The van der Waals surface area contributed by atoms with Gasteiger partial charge in [-0.1, -0.05) is 60.7 Å². The molecule has 3 aromatic carbocycles. The van der Waals surface area contributed by atoms with Gasteiger partial charge >= 0.3 is 0 Å². The molecule has 35 heavy (non-hydrogen) atoms. The lowest BCUT2D eigenvalue weighted by Crippen LogP contribution is -2.20. The van der Waals surface area contributed by atoms with Crippen molar-refractivity contribution in [3.63, 3.8) is 0 Å². The summed E-state index contributed by atoms with van der Waals surface area (Å²) in [5.41, 5.74) is 2.71.